The van der Waals surface area contributed by atoms with Crippen LogP contribution in [-0.4, -0.2) is 68.9 Å². The van der Waals surface area contributed by atoms with Crippen molar-refractivity contribution in [2.45, 2.75) is 61.6 Å². The molecule has 0 spiro atoms. The van der Waals surface area contributed by atoms with E-state index >= 15 is 0 Å². The summed E-state index contributed by atoms with van der Waals surface area (Å²) in [6.45, 7) is 14.5. The molecule has 12 rings (SSSR count). The lowest BCUT2D eigenvalue weighted by molar-refractivity contribution is -0.137. The van der Waals surface area contributed by atoms with E-state index in [1.807, 2.05) is 137 Å². The molecule has 0 radical (unpaired) electrons. The smallest absolute Gasteiger partial charge is 0.308 e. The molecule has 0 atom stereocenters. The van der Waals surface area contributed by atoms with Gasteiger partial charge in [-0.25, -0.2) is 59.8 Å². The van der Waals surface area contributed by atoms with E-state index < -0.39 is 11.7 Å². The van der Waals surface area contributed by atoms with Crippen molar-refractivity contribution < 1.29 is 13.2 Å². The highest BCUT2D eigenvalue weighted by atomic mass is 19.4. The van der Waals surface area contributed by atoms with Crippen LogP contribution in [-0.2, 0) is 6.18 Å². The summed E-state index contributed by atoms with van der Waals surface area (Å²) in [6.07, 6.45) is -4.63. The summed E-state index contributed by atoms with van der Waals surface area (Å²) >= 11 is 0. The molecular weight excluding hydrogens is 964 g/mol. The Morgan fingerprint density at radius 2 is 0.658 bits per heavy atom. The number of nitrogens with zero attached hydrogens (tertiary/aromatic N) is 15. The third-order valence-corrected chi connectivity index (χ3v) is 13.2. The maximum absolute atomic E-state index is 14.6. The van der Waals surface area contributed by atoms with Gasteiger partial charge in [-0.15, -0.1) is 0 Å². The number of nitriles is 1. The molecule has 6 aromatic carbocycles. The van der Waals surface area contributed by atoms with Gasteiger partial charge in [0, 0.05) is 43.8 Å². The largest absolute Gasteiger partial charge is 0.416 e. The van der Waals surface area contributed by atoms with Gasteiger partial charge in [0.05, 0.1) is 39.0 Å². The summed E-state index contributed by atoms with van der Waals surface area (Å²) in [6, 6.07) is 34.9. The first kappa shape index (κ1) is 47.3. The van der Waals surface area contributed by atoms with Gasteiger partial charge < -0.3 is 9.13 Å². The van der Waals surface area contributed by atoms with Gasteiger partial charge in [0.2, 0.25) is 0 Å². The topological polar surface area (TPSA) is 188 Å². The number of aromatic nitrogens is 14. The van der Waals surface area contributed by atoms with E-state index in [1.54, 1.807) is 18.2 Å². The molecular formula is C58H42F3N15. The van der Waals surface area contributed by atoms with Gasteiger partial charge in [-0.2, -0.15) is 18.4 Å². The molecule has 0 aliphatic heterocycles. The van der Waals surface area contributed by atoms with Crippen molar-refractivity contribution in [2.75, 3.05) is 0 Å². The molecule has 15 nitrogen and oxygen atoms in total. The molecule has 0 fully saturated rings. The maximum Gasteiger partial charge on any atom is 0.416 e. The number of aryl methyl sites for hydroxylation is 8. The van der Waals surface area contributed by atoms with Crippen LogP contribution in [0.4, 0.5) is 13.2 Å². The Morgan fingerprint density at radius 1 is 0.355 bits per heavy atom. The Balaban J connectivity index is 1.19. The SMILES string of the molecule is Cc1nc(C)nc(-c2ccc3c(c2)c2cc(-c4nc(C)nc(C)n4)ccc2n3-c2cc(-c3cccc(C(F)(F)F)c3)cc(-n3c4ccc(-c5nc(C)nc(C)n5)cc4c4cc(-c5nc(C)nc(C)n5)ccc43)c2C#N)n1. The lowest BCUT2D eigenvalue weighted by Gasteiger charge is -2.19. The van der Waals surface area contributed by atoms with Gasteiger partial charge in [0.1, 0.15) is 58.2 Å². The van der Waals surface area contributed by atoms with Crippen LogP contribution in [0.3, 0.4) is 0 Å². The molecule has 0 unspecified atom stereocenters. The van der Waals surface area contributed by atoms with E-state index in [-0.39, 0.29) is 5.56 Å². The average Bonchev–Trinajstić information content (AvgIpc) is 3.89. The zero-order chi connectivity index (χ0) is 52.9. The zero-order valence-electron chi connectivity index (χ0n) is 42.2. The van der Waals surface area contributed by atoms with Crippen LogP contribution in [0.2, 0.25) is 0 Å². The number of alkyl halides is 3. The van der Waals surface area contributed by atoms with E-state index in [0.29, 0.717) is 114 Å². The van der Waals surface area contributed by atoms with Gasteiger partial charge in [0.25, 0.3) is 0 Å². The van der Waals surface area contributed by atoms with E-state index in [2.05, 4.69) is 65.9 Å². The molecule has 6 aromatic heterocycles. The van der Waals surface area contributed by atoms with Crippen LogP contribution in [0.25, 0.3) is 112 Å². The lowest BCUT2D eigenvalue weighted by atomic mass is 9.98. The Labute approximate surface area is 432 Å². The fourth-order valence-electron chi connectivity index (χ4n) is 10.2. The van der Waals surface area contributed by atoms with Crippen molar-refractivity contribution in [1.82, 2.24) is 68.9 Å². The Bertz CT molecular complexity index is 3930. The summed E-state index contributed by atoms with van der Waals surface area (Å²) in [7, 11) is 0. The summed E-state index contributed by atoms with van der Waals surface area (Å²) < 4.78 is 47.8. The highest BCUT2D eigenvalue weighted by Crippen LogP contribution is 2.43. The Hall–Kier alpha value is -9.76. The molecule has 12 aromatic rings. The number of hydrogen-bond donors (Lipinski definition) is 0. The number of benzene rings is 6. The van der Waals surface area contributed by atoms with Crippen molar-refractivity contribution >= 4 is 43.6 Å². The summed E-state index contributed by atoms with van der Waals surface area (Å²) in [5.74, 6) is 6.46. The number of fused-ring (bicyclic) bond motifs is 6. The molecule has 0 saturated heterocycles. The first-order valence-electron chi connectivity index (χ1n) is 24.2. The van der Waals surface area contributed by atoms with Gasteiger partial charge in [-0.05, 0) is 164 Å². The summed E-state index contributed by atoms with van der Waals surface area (Å²) in [5, 5.41) is 14.9. The predicted octanol–water partition coefficient (Wildman–Crippen LogP) is 12.3. The molecule has 370 valence electrons. The van der Waals surface area contributed by atoms with Crippen molar-refractivity contribution in [1.29, 1.82) is 5.26 Å². The number of hydrogen-bond acceptors (Lipinski definition) is 13. The molecule has 0 bridgehead atoms. The van der Waals surface area contributed by atoms with E-state index in [9.17, 15) is 18.4 Å². The summed E-state index contributed by atoms with van der Waals surface area (Å²) in [5.41, 5.74) is 6.71. The molecule has 0 aliphatic carbocycles. The minimum Gasteiger partial charge on any atom is -0.308 e. The van der Waals surface area contributed by atoms with Crippen LogP contribution in [0.15, 0.2) is 109 Å². The van der Waals surface area contributed by atoms with Gasteiger partial charge >= 0.3 is 6.18 Å². The van der Waals surface area contributed by atoms with Crippen LogP contribution < -0.4 is 0 Å². The molecule has 6 heterocycles. The van der Waals surface area contributed by atoms with Crippen molar-refractivity contribution in [3.63, 3.8) is 0 Å². The molecule has 76 heavy (non-hydrogen) atoms. The molecule has 0 N–H and O–H groups in total. The van der Waals surface area contributed by atoms with Crippen molar-refractivity contribution in [2.24, 2.45) is 0 Å². The van der Waals surface area contributed by atoms with Crippen molar-refractivity contribution in [3.8, 4) is 74.1 Å². The van der Waals surface area contributed by atoms with Crippen LogP contribution >= 0.6 is 0 Å². The predicted molar refractivity (Wildman–Crippen MR) is 283 cm³/mol. The van der Waals surface area contributed by atoms with Gasteiger partial charge in [0.15, 0.2) is 23.3 Å². The molecule has 18 heteroatoms. The third kappa shape index (κ3) is 8.27. The first-order valence-corrected chi connectivity index (χ1v) is 24.2. The number of rotatable bonds is 7. The Morgan fingerprint density at radius 3 is 0.934 bits per heavy atom. The average molecular weight is 1010 g/mol. The Kier molecular flexibility index (Phi) is 11.0. The highest BCUT2D eigenvalue weighted by Gasteiger charge is 2.31. The summed E-state index contributed by atoms with van der Waals surface area (Å²) in [4.78, 5) is 55.1. The quantitative estimate of drug-likeness (QED) is 0.147. The monoisotopic (exact) mass is 1010 g/mol. The second-order valence-electron chi connectivity index (χ2n) is 18.7. The second-order valence-corrected chi connectivity index (χ2v) is 18.7. The minimum absolute atomic E-state index is 0.245. The minimum atomic E-state index is -4.63. The standard InChI is InChI=1S/C58H42F3N15/c1-28-63-29(2)68-54(67-28)37-12-16-48-43(21-37)44-22-38(55-69-30(3)64-31(4)70-55)13-17-49(44)75(48)52-25-41(36-10-9-11-42(20-36)58(59,60)61)26-53(47(52)27-62)76-50-18-14-39(56-71-32(5)65-33(6)72-56)23-45(50)46-24-40(15-19-51(46)76)57-73-34(7)66-35(8)74-57/h9-26H,1-8H3. The second kappa shape index (κ2) is 17.7. The van der Waals surface area contributed by atoms with Crippen LogP contribution in [0.5, 0.6) is 0 Å². The number of halogens is 3. The van der Waals surface area contributed by atoms with E-state index in [1.165, 1.54) is 6.07 Å². The van der Waals surface area contributed by atoms with Crippen LogP contribution in [0.1, 0.15) is 57.7 Å². The molecule has 0 aliphatic rings. The van der Waals surface area contributed by atoms with Gasteiger partial charge in [-0.3, -0.25) is 0 Å². The highest BCUT2D eigenvalue weighted by molar-refractivity contribution is 6.13. The molecule has 0 amide bonds. The first-order chi connectivity index (χ1) is 36.5. The van der Waals surface area contributed by atoms with E-state index in [0.717, 1.165) is 55.9 Å². The van der Waals surface area contributed by atoms with Crippen LogP contribution in [0, 0.1) is 66.7 Å². The fraction of sp³-hybridized carbons (Fsp3) is 0.155. The fourth-order valence-corrected chi connectivity index (χ4v) is 10.2. The van der Waals surface area contributed by atoms with E-state index in [4.69, 9.17) is 0 Å². The molecule has 0 saturated carbocycles. The van der Waals surface area contributed by atoms with Gasteiger partial charge in [-0.1, -0.05) is 12.1 Å². The maximum atomic E-state index is 14.6. The van der Waals surface area contributed by atoms with Crippen molar-refractivity contribution in [3.05, 3.63) is 167 Å². The lowest BCUT2D eigenvalue weighted by Crippen LogP contribution is -2.06. The zero-order valence-corrected chi connectivity index (χ0v) is 42.2. The third-order valence-electron chi connectivity index (χ3n) is 13.2. The normalized spacial score (nSPS) is 11.9.